The molecule has 0 amide bonds. The van der Waals surface area contributed by atoms with Gasteiger partial charge in [0.1, 0.15) is 11.9 Å². The van der Waals surface area contributed by atoms with Crippen molar-refractivity contribution in [2.24, 2.45) is 0 Å². The molecule has 68 valence electrons. The van der Waals surface area contributed by atoms with Crippen LogP contribution >= 0.6 is 0 Å². The number of anilines is 1. The van der Waals surface area contributed by atoms with E-state index in [2.05, 4.69) is 9.97 Å². The topological polar surface area (TPSA) is 75.6 Å². The Kier molecular flexibility index (Phi) is 2.80. The summed E-state index contributed by atoms with van der Waals surface area (Å²) in [5.41, 5.74) is 6.57. The van der Waals surface area contributed by atoms with Crippen molar-refractivity contribution in [3.63, 3.8) is 0 Å². The first-order valence-corrected chi connectivity index (χ1v) is 4.21. The number of hydrogen-bond acceptors (Lipinski definition) is 4. The quantitative estimate of drug-likeness (QED) is 0.739. The number of rotatable bonds is 2. The van der Waals surface area contributed by atoms with Gasteiger partial charge in [-0.3, -0.25) is 0 Å². The fourth-order valence-electron chi connectivity index (χ4n) is 1.04. The van der Waals surface area contributed by atoms with Crippen LogP contribution in [-0.2, 0) is 0 Å². The minimum atomic E-state index is 0.227. The van der Waals surface area contributed by atoms with Gasteiger partial charge in [0.05, 0.1) is 11.9 Å². The number of nitrogens with two attached hydrogens (primary N) is 1. The monoisotopic (exact) mass is 176 g/mol. The summed E-state index contributed by atoms with van der Waals surface area (Å²) in [5, 5.41) is 8.76. The maximum atomic E-state index is 8.76. The third-order valence-electron chi connectivity index (χ3n) is 2.00. The van der Waals surface area contributed by atoms with Crippen molar-refractivity contribution < 1.29 is 0 Å². The molecule has 1 heterocycles. The van der Waals surface area contributed by atoms with Crippen LogP contribution in [0.3, 0.4) is 0 Å². The Morgan fingerprint density at radius 2 is 2.38 bits per heavy atom. The predicted molar refractivity (Wildman–Crippen MR) is 49.9 cm³/mol. The lowest BCUT2D eigenvalue weighted by Gasteiger charge is -2.08. The van der Waals surface area contributed by atoms with Gasteiger partial charge >= 0.3 is 0 Å². The van der Waals surface area contributed by atoms with Crippen molar-refractivity contribution >= 4 is 5.82 Å². The summed E-state index contributed by atoms with van der Waals surface area (Å²) in [4.78, 5) is 8.02. The summed E-state index contributed by atoms with van der Waals surface area (Å²) in [6.45, 7) is 4.04. The van der Waals surface area contributed by atoms with E-state index in [9.17, 15) is 0 Å². The summed E-state index contributed by atoms with van der Waals surface area (Å²) in [6, 6.07) is 2.01. The van der Waals surface area contributed by atoms with E-state index in [0.29, 0.717) is 17.2 Å². The first-order chi connectivity index (χ1) is 6.19. The Balaban J connectivity index is 3.17. The Morgan fingerprint density at radius 3 is 2.92 bits per heavy atom. The fourth-order valence-corrected chi connectivity index (χ4v) is 1.04. The molecule has 0 aliphatic carbocycles. The third kappa shape index (κ3) is 1.94. The van der Waals surface area contributed by atoms with Crippen LogP contribution in [0.1, 0.15) is 37.6 Å². The largest absolute Gasteiger partial charge is 0.382 e. The van der Waals surface area contributed by atoms with Crippen molar-refractivity contribution in [3.8, 4) is 6.07 Å². The number of nitrogens with zero attached hydrogens (tertiary/aromatic N) is 3. The van der Waals surface area contributed by atoms with E-state index in [4.69, 9.17) is 11.0 Å². The molecule has 0 saturated heterocycles. The lowest BCUT2D eigenvalue weighted by molar-refractivity contribution is 0.701. The lowest BCUT2D eigenvalue weighted by Crippen LogP contribution is -2.04. The Labute approximate surface area is 77.4 Å². The van der Waals surface area contributed by atoms with E-state index >= 15 is 0 Å². The summed E-state index contributed by atoms with van der Waals surface area (Å²) >= 11 is 0. The molecule has 1 atom stereocenters. The second kappa shape index (κ2) is 3.85. The van der Waals surface area contributed by atoms with Crippen molar-refractivity contribution in [2.45, 2.75) is 26.2 Å². The number of nitriles is 1. The van der Waals surface area contributed by atoms with E-state index in [1.165, 1.54) is 6.20 Å². The molecule has 2 N–H and O–H groups in total. The van der Waals surface area contributed by atoms with Crippen LogP contribution in [0.5, 0.6) is 0 Å². The number of hydrogen-bond donors (Lipinski definition) is 1. The molecule has 0 fully saturated rings. The highest BCUT2D eigenvalue weighted by Gasteiger charge is 2.11. The van der Waals surface area contributed by atoms with Gasteiger partial charge in [-0.15, -0.1) is 0 Å². The zero-order valence-corrected chi connectivity index (χ0v) is 7.78. The maximum Gasteiger partial charge on any atom is 0.162 e. The molecule has 4 heteroatoms. The average Bonchev–Trinajstić information content (AvgIpc) is 2.16. The molecule has 0 spiro atoms. The van der Waals surface area contributed by atoms with Gasteiger partial charge in [0, 0.05) is 5.92 Å². The third-order valence-corrected chi connectivity index (χ3v) is 2.00. The summed E-state index contributed by atoms with van der Waals surface area (Å²) in [5.74, 6) is 0.597. The van der Waals surface area contributed by atoms with Crippen molar-refractivity contribution in [1.82, 2.24) is 9.97 Å². The smallest absolute Gasteiger partial charge is 0.162 e. The number of nitrogen functional groups attached to an aromatic ring is 1. The van der Waals surface area contributed by atoms with Crippen LogP contribution in [-0.4, -0.2) is 9.97 Å². The summed E-state index contributed by atoms with van der Waals surface area (Å²) < 4.78 is 0. The van der Waals surface area contributed by atoms with E-state index in [1.807, 2.05) is 19.9 Å². The van der Waals surface area contributed by atoms with E-state index in [-0.39, 0.29) is 5.92 Å². The van der Waals surface area contributed by atoms with Crippen molar-refractivity contribution in [3.05, 3.63) is 17.6 Å². The van der Waals surface area contributed by atoms with Crippen LogP contribution in [0.2, 0.25) is 0 Å². The van der Waals surface area contributed by atoms with Gasteiger partial charge in [-0.1, -0.05) is 13.8 Å². The molecule has 1 unspecified atom stereocenters. The maximum absolute atomic E-state index is 8.76. The molecule has 0 aromatic carbocycles. The molecule has 0 radical (unpaired) electrons. The van der Waals surface area contributed by atoms with Crippen LogP contribution in [0.15, 0.2) is 6.20 Å². The second-order valence-electron chi connectivity index (χ2n) is 2.95. The van der Waals surface area contributed by atoms with Crippen LogP contribution in [0, 0.1) is 11.3 Å². The molecule has 0 saturated carbocycles. The highest BCUT2D eigenvalue weighted by molar-refractivity contribution is 5.35. The molecule has 13 heavy (non-hydrogen) atoms. The molecule has 1 aromatic heterocycles. The molecule has 1 aromatic rings. The SMILES string of the molecule is CCC(C)c1nc(N)cnc1C#N. The van der Waals surface area contributed by atoms with Crippen LogP contribution in [0.4, 0.5) is 5.82 Å². The Bertz CT molecular complexity index is 340. The minimum Gasteiger partial charge on any atom is -0.382 e. The van der Waals surface area contributed by atoms with Crippen LogP contribution < -0.4 is 5.73 Å². The van der Waals surface area contributed by atoms with Gasteiger partial charge < -0.3 is 5.73 Å². The molecule has 0 aliphatic heterocycles. The zero-order valence-electron chi connectivity index (χ0n) is 7.78. The first kappa shape index (κ1) is 9.46. The van der Waals surface area contributed by atoms with Gasteiger partial charge in [0.25, 0.3) is 0 Å². The van der Waals surface area contributed by atoms with Crippen molar-refractivity contribution in [2.75, 3.05) is 5.73 Å². The molecule has 1 rings (SSSR count). The second-order valence-corrected chi connectivity index (χ2v) is 2.95. The van der Waals surface area contributed by atoms with Gasteiger partial charge in [0.15, 0.2) is 5.69 Å². The zero-order chi connectivity index (χ0) is 9.84. The van der Waals surface area contributed by atoms with Gasteiger partial charge in [-0.2, -0.15) is 5.26 Å². The fraction of sp³-hybridized carbons (Fsp3) is 0.444. The normalized spacial score (nSPS) is 12.1. The van der Waals surface area contributed by atoms with Gasteiger partial charge in [0.2, 0.25) is 0 Å². The molecule has 0 aliphatic rings. The lowest BCUT2D eigenvalue weighted by atomic mass is 10.0. The first-order valence-electron chi connectivity index (χ1n) is 4.21. The van der Waals surface area contributed by atoms with E-state index in [0.717, 1.165) is 6.42 Å². The number of aromatic nitrogens is 2. The summed E-state index contributed by atoms with van der Waals surface area (Å²) in [7, 11) is 0. The molecule has 4 nitrogen and oxygen atoms in total. The minimum absolute atomic E-state index is 0.227. The highest BCUT2D eigenvalue weighted by atomic mass is 14.9. The van der Waals surface area contributed by atoms with E-state index in [1.54, 1.807) is 0 Å². The standard InChI is InChI=1S/C9H12N4/c1-3-6(2)9-7(4-10)12-5-8(11)13-9/h5-6H,3H2,1-2H3,(H2,11,13). The molecular formula is C9H12N4. The van der Waals surface area contributed by atoms with Crippen molar-refractivity contribution in [1.29, 1.82) is 5.26 Å². The predicted octanol–water partition coefficient (Wildman–Crippen LogP) is 1.44. The Hall–Kier alpha value is -1.63. The average molecular weight is 176 g/mol. The Morgan fingerprint density at radius 1 is 1.69 bits per heavy atom. The summed E-state index contributed by atoms with van der Waals surface area (Å²) in [6.07, 6.45) is 2.33. The van der Waals surface area contributed by atoms with E-state index < -0.39 is 0 Å². The van der Waals surface area contributed by atoms with Gasteiger partial charge in [-0.05, 0) is 6.42 Å². The molecular weight excluding hydrogens is 164 g/mol. The van der Waals surface area contributed by atoms with Gasteiger partial charge in [-0.25, -0.2) is 9.97 Å². The molecule has 0 bridgehead atoms. The van der Waals surface area contributed by atoms with Crippen LogP contribution in [0.25, 0.3) is 0 Å². The highest BCUT2D eigenvalue weighted by Crippen LogP contribution is 2.19.